The standard InChI is InChI=1S/C12H12N2O3/c13-6-7-1-2-10-8(3-7)4-9(5-11(15)16)12(17)14-10/h1-4H,5-6,13H2,(H,14,17)(H,15,16). The quantitative estimate of drug-likeness (QED) is 0.722. The molecule has 0 aliphatic carbocycles. The van der Waals surface area contributed by atoms with Gasteiger partial charge in [0.25, 0.3) is 5.56 Å². The molecule has 0 aliphatic heterocycles. The third kappa shape index (κ3) is 2.34. The number of hydrogen-bond acceptors (Lipinski definition) is 3. The van der Waals surface area contributed by atoms with Gasteiger partial charge < -0.3 is 15.8 Å². The molecule has 0 bridgehead atoms. The minimum Gasteiger partial charge on any atom is -0.481 e. The van der Waals surface area contributed by atoms with E-state index in [4.69, 9.17) is 10.8 Å². The summed E-state index contributed by atoms with van der Waals surface area (Å²) < 4.78 is 0. The molecule has 0 atom stereocenters. The molecule has 5 nitrogen and oxygen atoms in total. The summed E-state index contributed by atoms with van der Waals surface area (Å²) in [4.78, 5) is 24.8. The highest BCUT2D eigenvalue weighted by atomic mass is 16.4. The van der Waals surface area contributed by atoms with Crippen LogP contribution in [0.5, 0.6) is 0 Å². The van der Waals surface area contributed by atoms with Gasteiger partial charge in [0, 0.05) is 17.6 Å². The maximum Gasteiger partial charge on any atom is 0.308 e. The molecule has 0 amide bonds. The van der Waals surface area contributed by atoms with Gasteiger partial charge in [-0.1, -0.05) is 6.07 Å². The van der Waals surface area contributed by atoms with E-state index in [0.717, 1.165) is 10.9 Å². The summed E-state index contributed by atoms with van der Waals surface area (Å²) in [5.41, 5.74) is 7.03. The average Bonchev–Trinajstić information content (AvgIpc) is 2.29. The van der Waals surface area contributed by atoms with E-state index in [1.807, 2.05) is 12.1 Å². The Morgan fingerprint density at radius 2 is 2.12 bits per heavy atom. The van der Waals surface area contributed by atoms with Crippen LogP contribution in [0.15, 0.2) is 29.1 Å². The van der Waals surface area contributed by atoms with Crippen molar-refractivity contribution < 1.29 is 9.90 Å². The van der Waals surface area contributed by atoms with E-state index >= 15 is 0 Å². The molecule has 2 rings (SSSR count). The van der Waals surface area contributed by atoms with Gasteiger partial charge in [-0.05, 0) is 29.1 Å². The molecule has 88 valence electrons. The van der Waals surface area contributed by atoms with Crippen molar-refractivity contribution in [2.24, 2.45) is 5.73 Å². The third-order valence-electron chi connectivity index (χ3n) is 2.56. The lowest BCUT2D eigenvalue weighted by Crippen LogP contribution is -2.16. The lowest BCUT2D eigenvalue weighted by Gasteiger charge is -2.03. The fraction of sp³-hybridized carbons (Fsp3) is 0.167. The van der Waals surface area contributed by atoms with Gasteiger partial charge in [0.05, 0.1) is 6.42 Å². The molecule has 0 radical (unpaired) electrons. The first-order valence-corrected chi connectivity index (χ1v) is 5.17. The van der Waals surface area contributed by atoms with Crippen molar-refractivity contribution >= 4 is 16.9 Å². The summed E-state index contributed by atoms with van der Waals surface area (Å²) in [5.74, 6) is -1.02. The Morgan fingerprint density at radius 1 is 1.35 bits per heavy atom. The maximum atomic E-state index is 11.6. The van der Waals surface area contributed by atoms with Crippen LogP contribution in [-0.2, 0) is 17.8 Å². The number of aromatic amines is 1. The molecule has 17 heavy (non-hydrogen) atoms. The van der Waals surface area contributed by atoms with Crippen LogP contribution in [0.2, 0.25) is 0 Å². The zero-order chi connectivity index (χ0) is 12.4. The van der Waals surface area contributed by atoms with Gasteiger partial charge in [-0.25, -0.2) is 0 Å². The molecule has 1 aromatic heterocycles. The Morgan fingerprint density at radius 3 is 2.76 bits per heavy atom. The van der Waals surface area contributed by atoms with Crippen LogP contribution >= 0.6 is 0 Å². The number of nitrogens with one attached hydrogen (secondary N) is 1. The number of H-pyrrole nitrogens is 1. The number of fused-ring (bicyclic) bond motifs is 1. The van der Waals surface area contributed by atoms with Crippen molar-refractivity contribution in [2.75, 3.05) is 0 Å². The molecule has 0 unspecified atom stereocenters. The van der Waals surface area contributed by atoms with E-state index in [1.165, 1.54) is 0 Å². The number of aliphatic carboxylic acids is 1. The number of carbonyl (C=O) groups is 1. The SMILES string of the molecule is NCc1ccc2[nH]c(=O)c(CC(=O)O)cc2c1. The monoisotopic (exact) mass is 232 g/mol. The summed E-state index contributed by atoms with van der Waals surface area (Å²) in [6, 6.07) is 7.04. The Kier molecular flexibility index (Phi) is 2.93. The number of carboxylic acids is 1. The van der Waals surface area contributed by atoms with Crippen molar-refractivity contribution in [3.8, 4) is 0 Å². The molecule has 0 saturated carbocycles. The summed E-state index contributed by atoms with van der Waals surface area (Å²) >= 11 is 0. The Labute approximate surface area is 96.9 Å². The van der Waals surface area contributed by atoms with Crippen LogP contribution in [0.25, 0.3) is 10.9 Å². The van der Waals surface area contributed by atoms with Gasteiger partial charge in [0.2, 0.25) is 0 Å². The van der Waals surface area contributed by atoms with Gasteiger partial charge >= 0.3 is 5.97 Å². The molecular formula is C12H12N2O3. The van der Waals surface area contributed by atoms with E-state index < -0.39 is 5.97 Å². The second kappa shape index (κ2) is 4.39. The van der Waals surface area contributed by atoms with E-state index in [0.29, 0.717) is 12.1 Å². The van der Waals surface area contributed by atoms with E-state index in [9.17, 15) is 9.59 Å². The minimum atomic E-state index is -1.02. The molecule has 1 heterocycles. The highest BCUT2D eigenvalue weighted by molar-refractivity contribution is 5.81. The molecule has 4 N–H and O–H groups in total. The van der Waals surface area contributed by atoms with Crippen LogP contribution in [0, 0.1) is 0 Å². The van der Waals surface area contributed by atoms with E-state index in [-0.39, 0.29) is 17.5 Å². The lowest BCUT2D eigenvalue weighted by molar-refractivity contribution is -0.136. The highest BCUT2D eigenvalue weighted by Crippen LogP contribution is 2.13. The van der Waals surface area contributed by atoms with Gasteiger partial charge in [-0.2, -0.15) is 0 Å². The summed E-state index contributed by atoms with van der Waals surface area (Å²) in [6.45, 7) is 0.406. The van der Waals surface area contributed by atoms with Gasteiger partial charge in [-0.3, -0.25) is 9.59 Å². The van der Waals surface area contributed by atoms with Crippen molar-refractivity contribution in [3.63, 3.8) is 0 Å². The molecule has 0 fully saturated rings. The largest absolute Gasteiger partial charge is 0.481 e. The smallest absolute Gasteiger partial charge is 0.308 e. The number of nitrogens with two attached hydrogens (primary N) is 1. The topological polar surface area (TPSA) is 96.2 Å². The van der Waals surface area contributed by atoms with Crippen LogP contribution in [0.4, 0.5) is 0 Å². The Hall–Kier alpha value is -2.14. The molecule has 2 aromatic rings. The van der Waals surface area contributed by atoms with Crippen LogP contribution in [0.3, 0.4) is 0 Å². The van der Waals surface area contributed by atoms with Crippen molar-refractivity contribution in [1.82, 2.24) is 4.98 Å². The fourth-order valence-electron chi connectivity index (χ4n) is 1.72. The summed E-state index contributed by atoms with van der Waals surface area (Å²) in [7, 11) is 0. The van der Waals surface area contributed by atoms with Crippen molar-refractivity contribution in [1.29, 1.82) is 0 Å². The zero-order valence-corrected chi connectivity index (χ0v) is 9.06. The number of pyridine rings is 1. The van der Waals surface area contributed by atoms with E-state index in [1.54, 1.807) is 12.1 Å². The van der Waals surface area contributed by atoms with Gasteiger partial charge in [-0.15, -0.1) is 0 Å². The average molecular weight is 232 g/mol. The highest BCUT2D eigenvalue weighted by Gasteiger charge is 2.07. The first-order chi connectivity index (χ1) is 8.10. The number of rotatable bonds is 3. The predicted octanol–water partition coefficient (Wildman–Crippen LogP) is 0.614. The second-order valence-electron chi connectivity index (χ2n) is 3.82. The maximum absolute atomic E-state index is 11.6. The summed E-state index contributed by atoms with van der Waals surface area (Å²) in [5, 5.41) is 9.49. The lowest BCUT2D eigenvalue weighted by atomic mass is 10.1. The Bertz CT molecular complexity index is 631. The van der Waals surface area contributed by atoms with Crippen LogP contribution < -0.4 is 11.3 Å². The van der Waals surface area contributed by atoms with Crippen LogP contribution in [-0.4, -0.2) is 16.1 Å². The predicted molar refractivity (Wildman–Crippen MR) is 63.8 cm³/mol. The number of benzene rings is 1. The second-order valence-corrected chi connectivity index (χ2v) is 3.82. The van der Waals surface area contributed by atoms with Crippen molar-refractivity contribution in [3.05, 3.63) is 45.7 Å². The number of hydrogen-bond donors (Lipinski definition) is 3. The van der Waals surface area contributed by atoms with Crippen molar-refractivity contribution in [2.45, 2.75) is 13.0 Å². The Balaban J connectivity index is 2.60. The molecule has 5 heteroatoms. The molecule has 0 spiro atoms. The molecular weight excluding hydrogens is 220 g/mol. The van der Waals surface area contributed by atoms with Gasteiger partial charge in [0.1, 0.15) is 0 Å². The molecule has 0 saturated heterocycles. The first kappa shape index (κ1) is 11.3. The minimum absolute atomic E-state index is 0.249. The zero-order valence-electron chi connectivity index (χ0n) is 9.06. The van der Waals surface area contributed by atoms with E-state index in [2.05, 4.69) is 4.98 Å². The third-order valence-corrected chi connectivity index (χ3v) is 2.56. The van der Waals surface area contributed by atoms with Crippen LogP contribution in [0.1, 0.15) is 11.1 Å². The molecule has 0 aliphatic rings. The molecule has 1 aromatic carbocycles. The van der Waals surface area contributed by atoms with Gasteiger partial charge in [0.15, 0.2) is 0 Å². The first-order valence-electron chi connectivity index (χ1n) is 5.17. The normalized spacial score (nSPS) is 10.6. The number of aromatic nitrogens is 1. The summed E-state index contributed by atoms with van der Waals surface area (Å²) in [6.07, 6.45) is -0.280. The number of carboxylic acid groups (broad SMARTS) is 1. The fourth-order valence-corrected chi connectivity index (χ4v) is 1.72.